The Balaban J connectivity index is 2.19. The van der Waals surface area contributed by atoms with Crippen molar-refractivity contribution in [2.45, 2.75) is 52.5 Å². The van der Waals surface area contributed by atoms with Crippen molar-refractivity contribution in [2.75, 3.05) is 12.4 Å². The molecule has 0 radical (unpaired) electrons. The summed E-state index contributed by atoms with van der Waals surface area (Å²) in [6.45, 7) is 6.86. The van der Waals surface area contributed by atoms with E-state index in [-0.39, 0.29) is 0 Å². The van der Waals surface area contributed by atoms with Crippen LogP contribution in [0.15, 0.2) is 18.2 Å². The first-order valence-electron chi connectivity index (χ1n) is 6.94. The van der Waals surface area contributed by atoms with Gasteiger partial charge in [0.05, 0.1) is 12.8 Å². The van der Waals surface area contributed by atoms with Gasteiger partial charge in [-0.25, -0.2) is 0 Å². The Kier molecular flexibility index (Phi) is 3.84. The fraction of sp³-hybridized carbons (Fsp3) is 0.625. The lowest BCUT2D eigenvalue weighted by atomic mass is 9.73. The molecule has 0 spiro atoms. The third kappa shape index (κ3) is 2.80. The molecule has 0 aliphatic heterocycles. The van der Waals surface area contributed by atoms with E-state index in [1.54, 1.807) is 7.11 Å². The summed E-state index contributed by atoms with van der Waals surface area (Å²) in [5.74, 6) is 0.946. The molecule has 2 nitrogen and oxygen atoms in total. The first kappa shape index (κ1) is 13.3. The molecule has 1 aromatic rings. The summed E-state index contributed by atoms with van der Waals surface area (Å²) in [5, 5.41) is 3.71. The lowest BCUT2D eigenvalue weighted by Crippen LogP contribution is -2.39. The molecular weight excluding hydrogens is 222 g/mol. The van der Waals surface area contributed by atoms with Gasteiger partial charge in [0.25, 0.3) is 0 Å². The average Bonchev–Trinajstić information content (AvgIpc) is 2.32. The van der Waals surface area contributed by atoms with Gasteiger partial charge in [0, 0.05) is 6.04 Å². The number of hydrogen-bond donors (Lipinski definition) is 1. The van der Waals surface area contributed by atoms with Crippen LogP contribution < -0.4 is 10.1 Å². The first-order valence-corrected chi connectivity index (χ1v) is 6.94. The lowest BCUT2D eigenvalue weighted by molar-refractivity contribution is 0.216. The smallest absolute Gasteiger partial charge is 0.141 e. The second-order valence-corrected chi connectivity index (χ2v) is 6.14. The zero-order valence-electron chi connectivity index (χ0n) is 12.0. The molecule has 0 bridgehead atoms. The molecule has 100 valence electrons. The second-order valence-electron chi connectivity index (χ2n) is 6.14. The van der Waals surface area contributed by atoms with Crippen LogP contribution in [0, 0.1) is 12.3 Å². The molecule has 0 saturated heterocycles. The van der Waals surface area contributed by atoms with Crippen molar-refractivity contribution in [1.82, 2.24) is 0 Å². The minimum atomic E-state index is 0.368. The largest absolute Gasteiger partial charge is 0.495 e. The highest BCUT2D eigenvalue weighted by Gasteiger charge is 2.32. The minimum absolute atomic E-state index is 0.368. The fourth-order valence-electron chi connectivity index (χ4n) is 2.88. The van der Waals surface area contributed by atoms with Crippen LogP contribution in [-0.4, -0.2) is 13.2 Å². The third-order valence-electron chi connectivity index (χ3n) is 4.19. The van der Waals surface area contributed by atoms with Gasteiger partial charge in [-0.3, -0.25) is 0 Å². The van der Waals surface area contributed by atoms with Crippen molar-refractivity contribution in [3.05, 3.63) is 23.8 Å². The van der Waals surface area contributed by atoms with Crippen molar-refractivity contribution >= 4 is 5.69 Å². The molecule has 1 aromatic carbocycles. The number of nitrogens with one attached hydrogen (secondary N) is 1. The monoisotopic (exact) mass is 247 g/mol. The molecule has 1 aliphatic rings. The molecule has 0 aromatic heterocycles. The third-order valence-corrected chi connectivity index (χ3v) is 4.19. The summed E-state index contributed by atoms with van der Waals surface area (Å²) in [6.07, 6.45) is 5.24. The summed E-state index contributed by atoms with van der Waals surface area (Å²) in [7, 11) is 1.74. The van der Waals surface area contributed by atoms with Crippen LogP contribution in [0.2, 0.25) is 0 Å². The predicted molar refractivity (Wildman–Crippen MR) is 77.4 cm³/mol. The van der Waals surface area contributed by atoms with E-state index in [4.69, 9.17) is 4.74 Å². The molecule has 18 heavy (non-hydrogen) atoms. The van der Waals surface area contributed by atoms with Gasteiger partial charge in [-0.1, -0.05) is 32.8 Å². The summed E-state index contributed by atoms with van der Waals surface area (Å²) >= 11 is 0. The minimum Gasteiger partial charge on any atom is -0.495 e. The quantitative estimate of drug-likeness (QED) is 0.855. The molecule has 1 aliphatic carbocycles. The van der Waals surface area contributed by atoms with Crippen LogP contribution in [0.4, 0.5) is 5.69 Å². The highest BCUT2D eigenvalue weighted by Crippen LogP contribution is 2.38. The van der Waals surface area contributed by atoms with Gasteiger partial charge in [-0.15, -0.1) is 0 Å². The average molecular weight is 247 g/mol. The van der Waals surface area contributed by atoms with Crippen molar-refractivity contribution in [2.24, 2.45) is 5.41 Å². The van der Waals surface area contributed by atoms with Gasteiger partial charge in [-0.2, -0.15) is 0 Å². The number of aryl methyl sites for hydroxylation is 1. The van der Waals surface area contributed by atoms with E-state index in [9.17, 15) is 0 Å². The Morgan fingerprint density at radius 3 is 2.72 bits per heavy atom. The van der Waals surface area contributed by atoms with Crippen LogP contribution in [-0.2, 0) is 0 Å². The van der Waals surface area contributed by atoms with Gasteiger partial charge >= 0.3 is 0 Å². The van der Waals surface area contributed by atoms with Crippen LogP contribution in [0.25, 0.3) is 0 Å². The Bertz CT molecular complexity index is 412. The molecule has 1 N–H and O–H groups in total. The predicted octanol–water partition coefficient (Wildman–Crippen LogP) is 4.38. The molecule has 1 atom stereocenters. The zero-order valence-corrected chi connectivity index (χ0v) is 12.0. The fourth-order valence-corrected chi connectivity index (χ4v) is 2.88. The Labute approximate surface area is 111 Å². The van der Waals surface area contributed by atoms with E-state index in [2.05, 4.69) is 38.2 Å². The molecule has 2 heteroatoms. The second kappa shape index (κ2) is 5.21. The van der Waals surface area contributed by atoms with Gasteiger partial charge < -0.3 is 10.1 Å². The Morgan fingerprint density at radius 2 is 2.06 bits per heavy atom. The molecule has 1 unspecified atom stereocenters. The number of benzene rings is 1. The lowest BCUT2D eigenvalue weighted by Gasteiger charge is -2.39. The van der Waals surface area contributed by atoms with Crippen LogP contribution in [0.5, 0.6) is 5.75 Å². The van der Waals surface area contributed by atoms with Gasteiger partial charge in [-0.05, 0) is 42.9 Å². The topological polar surface area (TPSA) is 21.3 Å². The van der Waals surface area contributed by atoms with Crippen LogP contribution in [0.1, 0.15) is 45.1 Å². The summed E-state index contributed by atoms with van der Waals surface area (Å²) in [4.78, 5) is 0. The maximum atomic E-state index is 5.45. The van der Waals surface area contributed by atoms with Crippen molar-refractivity contribution in [1.29, 1.82) is 0 Å². The molecular formula is C16H25NO. The maximum Gasteiger partial charge on any atom is 0.141 e. The maximum absolute atomic E-state index is 5.45. The Hall–Kier alpha value is -1.18. The summed E-state index contributed by atoms with van der Waals surface area (Å²) in [5.41, 5.74) is 2.77. The number of anilines is 1. The van der Waals surface area contributed by atoms with E-state index in [0.29, 0.717) is 11.5 Å². The number of methoxy groups -OCH3 is 1. The normalized spacial score (nSPS) is 22.6. The highest BCUT2D eigenvalue weighted by atomic mass is 16.5. The van der Waals surface area contributed by atoms with E-state index >= 15 is 0 Å². The van der Waals surface area contributed by atoms with Crippen molar-refractivity contribution in [3.63, 3.8) is 0 Å². The SMILES string of the molecule is COc1ccc(C)cc1NC1CCCCC1(C)C. The standard InChI is InChI=1S/C16H25NO/c1-12-8-9-14(18-4)13(11-12)17-15-7-5-6-10-16(15,2)3/h8-9,11,15,17H,5-7,10H2,1-4H3. The van der Waals surface area contributed by atoms with E-state index in [1.165, 1.54) is 31.2 Å². The molecule has 0 amide bonds. The first-order chi connectivity index (χ1) is 8.53. The van der Waals surface area contributed by atoms with E-state index in [1.807, 2.05) is 6.07 Å². The van der Waals surface area contributed by atoms with Gasteiger partial charge in [0.1, 0.15) is 5.75 Å². The van der Waals surface area contributed by atoms with Gasteiger partial charge in [0.2, 0.25) is 0 Å². The van der Waals surface area contributed by atoms with Gasteiger partial charge in [0.15, 0.2) is 0 Å². The molecule has 0 heterocycles. The summed E-state index contributed by atoms with van der Waals surface area (Å²) in [6, 6.07) is 6.87. The van der Waals surface area contributed by atoms with E-state index in [0.717, 1.165) is 11.4 Å². The van der Waals surface area contributed by atoms with Crippen LogP contribution in [0.3, 0.4) is 0 Å². The Morgan fingerprint density at radius 1 is 1.28 bits per heavy atom. The number of ether oxygens (including phenoxy) is 1. The zero-order chi connectivity index (χ0) is 13.2. The molecule has 1 saturated carbocycles. The van der Waals surface area contributed by atoms with Crippen molar-refractivity contribution < 1.29 is 4.74 Å². The van der Waals surface area contributed by atoms with Crippen LogP contribution >= 0.6 is 0 Å². The molecule has 1 fully saturated rings. The van der Waals surface area contributed by atoms with Crippen molar-refractivity contribution in [3.8, 4) is 5.75 Å². The summed E-state index contributed by atoms with van der Waals surface area (Å²) < 4.78 is 5.45. The number of hydrogen-bond acceptors (Lipinski definition) is 2. The number of rotatable bonds is 3. The highest BCUT2D eigenvalue weighted by molar-refractivity contribution is 5.58. The van der Waals surface area contributed by atoms with E-state index < -0.39 is 0 Å². The molecule has 2 rings (SSSR count).